The van der Waals surface area contributed by atoms with E-state index in [1.165, 1.54) is 0 Å². The Bertz CT molecular complexity index is 866. The summed E-state index contributed by atoms with van der Waals surface area (Å²) in [5.74, 6) is -7.76. The van der Waals surface area contributed by atoms with Crippen molar-refractivity contribution >= 4 is 34.6 Å². The second kappa shape index (κ2) is 15.0. The zero-order valence-corrected chi connectivity index (χ0v) is 27.1. The van der Waals surface area contributed by atoms with E-state index in [2.05, 4.69) is 0 Å². The normalized spacial score (nSPS) is 8.77. The molecule has 0 bridgehead atoms. The first-order valence-corrected chi connectivity index (χ1v) is 5.70. The predicted molar refractivity (Wildman–Crippen MR) is 61.3 cm³/mol. The van der Waals surface area contributed by atoms with E-state index >= 15 is 0 Å². The van der Waals surface area contributed by atoms with Gasteiger partial charge in [-0.1, -0.05) is 18.2 Å². The van der Waals surface area contributed by atoms with Gasteiger partial charge < -0.3 is 39.6 Å². The summed E-state index contributed by atoms with van der Waals surface area (Å²) in [6, 6.07) is 4.00. The molecule has 0 aromatic heterocycles. The average molecular weight is 457 g/mol. The van der Waals surface area contributed by atoms with Crippen LogP contribution in [0, 0.1) is 0 Å². The Labute approximate surface area is 317 Å². The molecule has 0 atom stereocenters. The molecule has 0 saturated carbocycles. The van der Waals surface area contributed by atoms with E-state index in [1.807, 2.05) is 0 Å². The van der Waals surface area contributed by atoms with Crippen molar-refractivity contribution in [3.8, 4) is 0 Å². The SMILES string of the molecule is O=C([O-])c1cc2c(C(=O)[O-])cccc2c(C(=O)[O-])c1C(=O)[O-].[K+].[K+].[K+].[K+]. The first kappa shape index (κ1) is 33.8. The van der Waals surface area contributed by atoms with E-state index in [4.69, 9.17) is 0 Å². The summed E-state index contributed by atoms with van der Waals surface area (Å²) in [4.78, 5) is 44.4. The number of aromatic carboxylic acids is 4. The molecule has 2 aromatic carbocycles. The van der Waals surface area contributed by atoms with Crippen LogP contribution in [0.5, 0.6) is 0 Å². The summed E-state index contributed by atoms with van der Waals surface area (Å²) in [5.41, 5.74) is -3.68. The minimum atomic E-state index is -2.07. The van der Waals surface area contributed by atoms with Gasteiger partial charge in [0.25, 0.3) is 0 Å². The maximum absolute atomic E-state index is 11.2. The number of fused-ring (bicyclic) bond motifs is 1. The molecule has 0 aliphatic rings. The second-order valence-electron chi connectivity index (χ2n) is 4.22. The molecule has 0 unspecified atom stereocenters. The van der Waals surface area contributed by atoms with Crippen LogP contribution in [0.3, 0.4) is 0 Å². The van der Waals surface area contributed by atoms with Gasteiger partial charge in [-0.3, -0.25) is 0 Å². The smallest absolute Gasteiger partial charge is 0.545 e. The Balaban J connectivity index is -0.00000132. The largest absolute Gasteiger partial charge is 1.00 e. The number of rotatable bonds is 4. The first-order chi connectivity index (χ1) is 10.3. The molecule has 26 heavy (non-hydrogen) atoms. The molecule has 0 spiro atoms. The maximum atomic E-state index is 11.2. The van der Waals surface area contributed by atoms with Crippen LogP contribution in [0.25, 0.3) is 10.8 Å². The maximum Gasteiger partial charge on any atom is 1.00 e. The summed E-state index contributed by atoms with van der Waals surface area (Å²) in [5, 5.41) is 43.7. The van der Waals surface area contributed by atoms with Crippen molar-refractivity contribution in [1.82, 2.24) is 0 Å². The van der Waals surface area contributed by atoms with Crippen molar-refractivity contribution in [2.75, 3.05) is 0 Å². The van der Waals surface area contributed by atoms with E-state index in [0.717, 1.165) is 18.2 Å². The van der Waals surface area contributed by atoms with Gasteiger partial charge in [-0.25, -0.2) is 0 Å². The van der Waals surface area contributed by atoms with Crippen LogP contribution in [0.4, 0.5) is 0 Å². The van der Waals surface area contributed by atoms with Crippen LogP contribution in [-0.2, 0) is 0 Å². The number of hydrogen-bond acceptors (Lipinski definition) is 8. The number of carbonyl (C=O) groups is 4. The zero-order chi connectivity index (χ0) is 16.6. The quantitative estimate of drug-likeness (QED) is 0.410. The first-order valence-electron chi connectivity index (χ1n) is 5.70. The van der Waals surface area contributed by atoms with Crippen molar-refractivity contribution in [1.29, 1.82) is 0 Å². The second-order valence-corrected chi connectivity index (χ2v) is 4.22. The third-order valence-corrected chi connectivity index (χ3v) is 3.03. The monoisotopic (exact) mass is 456 g/mol. The van der Waals surface area contributed by atoms with Crippen molar-refractivity contribution in [3.05, 3.63) is 46.5 Å². The molecule has 0 amide bonds. The summed E-state index contributed by atoms with van der Waals surface area (Å²) in [6.07, 6.45) is 0. The molecule has 0 aliphatic heterocycles. The van der Waals surface area contributed by atoms with Gasteiger partial charge in [-0.15, -0.1) is 0 Å². The zero-order valence-electron chi connectivity index (χ0n) is 14.6. The van der Waals surface area contributed by atoms with Gasteiger partial charge in [0.1, 0.15) is 0 Å². The molecule has 0 N–H and O–H groups in total. The van der Waals surface area contributed by atoms with E-state index in [1.54, 1.807) is 0 Å². The number of hydrogen-bond donors (Lipinski definition) is 0. The molecule has 12 heteroatoms. The predicted octanol–water partition coefficient (Wildman–Crippen LogP) is -15.7. The molecule has 8 nitrogen and oxygen atoms in total. The molecular formula is C14H4K4O8. The average Bonchev–Trinajstić information content (AvgIpc) is 2.43. The number of carbonyl (C=O) groups excluding carboxylic acids is 4. The van der Waals surface area contributed by atoms with Crippen molar-refractivity contribution in [3.63, 3.8) is 0 Å². The summed E-state index contributed by atoms with van der Waals surface area (Å²) >= 11 is 0. The third-order valence-electron chi connectivity index (χ3n) is 3.03. The van der Waals surface area contributed by atoms with E-state index in [0.29, 0.717) is 6.07 Å². The van der Waals surface area contributed by atoms with Gasteiger partial charge in [-0.2, -0.15) is 0 Å². The molecule has 0 fully saturated rings. The minimum absolute atomic E-state index is 0. The molecule has 0 aliphatic carbocycles. The Morgan fingerprint density at radius 2 is 1.04 bits per heavy atom. The van der Waals surface area contributed by atoms with E-state index in [-0.39, 0.29) is 216 Å². The Kier molecular flexibility index (Phi) is 19.5. The molecule has 2 rings (SSSR count). The van der Waals surface area contributed by atoms with Crippen LogP contribution in [0.2, 0.25) is 0 Å². The van der Waals surface area contributed by atoms with E-state index < -0.39 is 46.1 Å². The van der Waals surface area contributed by atoms with Crippen LogP contribution in [0.15, 0.2) is 24.3 Å². The number of carboxylic acid groups (broad SMARTS) is 4. The fourth-order valence-electron chi connectivity index (χ4n) is 2.19. The Morgan fingerprint density at radius 3 is 1.42 bits per heavy atom. The van der Waals surface area contributed by atoms with Gasteiger partial charge in [0, 0.05) is 22.3 Å². The Hall–Kier alpha value is 3.13. The Morgan fingerprint density at radius 1 is 0.577 bits per heavy atom. The fourth-order valence-corrected chi connectivity index (χ4v) is 2.19. The molecule has 112 valence electrons. The van der Waals surface area contributed by atoms with Crippen molar-refractivity contribution in [2.45, 2.75) is 0 Å². The molecular weight excluding hydrogens is 453 g/mol. The minimum Gasteiger partial charge on any atom is -0.545 e. The van der Waals surface area contributed by atoms with Gasteiger partial charge in [0.15, 0.2) is 0 Å². The number of benzene rings is 2. The van der Waals surface area contributed by atoms with Gasteiger partial charge in [0.05, 0.1) is 23.9 Å². The molecule has 0 radical (unpaired) electrons. The van der Waals surface area contributed by atoms with Crippen LogP contribution < -0.4 is 226 Å². The van der Waals surface area contributed by atoms with Crippen molar-refractivity contribution in [2.24, 2.45) is 0 Å². The van der Waals surface area contributed by atoms with E-state index in [9.17, 15) is 39.6 Å². The topological polar surface area (TPSA) is 161 Å². The van der Waals surface area contributed by atoms with Gasteiger partial charge >= 0.3 is 206 Å². The van der Waals surface area contributed by atoms with Crippen molar-refractivity contribution < 1.29 is 245 Å². The van der Waals surface area contributed by atoms with Crippen LogP contribution in [-0.4, -0.2) is 23.9 Å². The van der Waals surface area contributed by atoms with Gasteiger partial charge in [0.2, 0.25) is 0 Å². The summed E-state index contributed by atoms with van der Waals surface area (Å²) in [7, 11) is 0. The summed E-state index contributed by atoms with van der Waals surface area (Å²) < 4.78 is 0. The molecule has 0 saturated heterocycles. The molecule has 0 heterocycles. The number of carboxylic acids is 4. The fraction of sp³-hybridized carbons (Fsp3) is 0. The summed E-state index contributed by atoms with van der Waals surface area (Å²) in [6.45, 7) is 0. The van der Waals surface area contributed by atoms with Crippen LogP contribution >= 0.6 is 0 Å². The molecule has 2 aromatic rings. The standard InChI is InChI=1S/C14H8O8.4K/c15-11(16)6-3-1-2-5-7(6)4-8(12(17)18)10(14(21)22)9(5)13(19)20;;;;/h1-4H,(H,15,16)(H,17,18)(H,19,20)(H,21,22);;;;/q;4*+1/p-4. The van der Waals surface area contributed by atoms with Crippen LogP contribution in [0.1, 0.15) is 41.4 Å². The van der Waals surface area contributed by atoms with Gasteiger partial charge in [-0.05, 0) is 16.8 Å². The third kappa shape index (κ3) is 7.67.